The van der Waals surface area contributed by atoms with Crippen molar-refractivity contribution in [1.82, 2.24) is 14.3 Å². The van der Waals surface area contributed by atoms with Gasteiger partial charge in [0.25, 0.3) is 0 Å². The molecule has 3 heterocycles. The van der Waals surface area contributed by atoms with E-state index in [9.17, 15) is 0 Å². The van der Waals surface area contributed by atoms with E-state index < -0.39 is 0 Å². The molecule has 0 saturated heterocycles. The zero-order chi connectivity index (χ0) is 14.2. The lowest BCUT2D eigenvalue weighted by Gasteiger charge is -2.26. The second kappa shape index (κ2) is 5.17. The maximum atomic E-state index is 6.12. The summed E-state index contributed by atoms with van der Waals surface area (Å²) in [6.07, 6.45) is 2.97. The van der Waals surface area contributed by atoms with Crippen LogP contribution in [0, 0.1) is 0 Å². The number of nitrogens with zero attached hydrogens (tertiary/aromatic N) is 3. The van der Waals surface area contributed by atoms with Gasteiger partial charge in [-0.2, -0.15) is 0 Å². The van der Waals surface area contributed by atoms with Crippen molar-refractivity contribution in [3.05, 3.63) is 70.6 Å². The first kappa shape index (κ1) is 12.9. The van der Waals surface area contributed by atoms with E-state index in [0.717, 1.165) is 36.7 Å². The highest BCUT2D eigenvalue weighted by molar-refractivity contribution is 6.30. The molecule has 3 nitrogen and oxygen atoms in total. The molecule has 0 unspecified atom stereocenters. The number of hydrogen-bond donors (Lipinski definition) is 0. The van der Waals surface area contributed by atoms with E-state index in [1.54, 1.807) is 0 Å². The molecular formula is C17H16ClN3. The van der Waals surface area contributed by atoms with Crippen LogP contribution in [0.15, 0.2) is 48.7 Å². The van der Waals surface area contributed by atoms with Crippen molar-refractivity contribution in [2.75, 3.05) is 6.54 Å². The largest absolute Gasteiger partial charge is 0.301 e. The number of halogens is 1. The van der Waals surface area contributed by atoms with E-state index in [1.165, 1.54) is 17.0 Å². The third-order valence-electron chi connectivity index (χ3n) is 4.05. The lowest BCUT2D eigenvalue weighted by atomic mass is 10.1. The van der Waals surface area contributed by atoms with Crippen LogP contribution in [0.4, 0.5) is 0 Å². The minimum absolute atomic E-state index is 0.753. The van der Waals surface area contributed by atoms with E-state index in [1.807, 2.05) is 18.3 Å². The number of fused-ring (bicyclic) bond motifs is 3. The Kier molecular flexibility index (Phi) is 3.17. The molecular weight excluding hydrogens is 282 g/mol. The van der Waals surface area contributed by atoms with Crippen molar-refractivity contribution in [2.24, 2.45) is 0 Å². The normalized spacial score (nSPS) is 15.3. The topological polar surface area (TPSA) is 20.5 Å². The van der Waals surface area contributed by atoms with Crippen molar-refractivity contribution in [3.8, 4) is 0 Å². The number of hydrogen-bond acceptors (Lipinski definition) is 2. The monoisotopic (exact) mass is 297 g/mol. The lowest BCUT2D eigenvalue weighted by molar-refractivity contribution is 0.240. The standard InChI is InChI=1S/C17H16ClN3/c18-14-6-7-17-19-15-8-9-20(12-16(15)21(17)11-14)10-13-4-2-1-3-5-13/h1-7,11H,8-10,12H2. The predicted molar refractivity (Wildman–Crippen MR) is 84.5 cm³/mol. The average Bonchev–Trinajstić information content (AvgIpc) is 2.86. The maximum absolute atomic E-state index is 6.12. The van der Waals surface area contributed by atoms with Gasteiger partial charge in [-0.25, -0.2) is 4.98 Å². The number of aromatic nitrogens is 2. The van der Waals surface area contributed by atoms with Gasteiger partial charge in [0.2, 0.25) is 0 Å². The van der Waals surface area contributed by atoms with Gasteiger partial charge < -0.3 is 4.40 Å². The van der Waals surface area contributed by atoms with Crippen molar-refractivity contribution >= 4 is 17.2 Å². The summed E-state index contributed by atoms with van der Waals surface area (Å²) in [6.45, 7) is 2.96. The highest BCUT2D eigenvalue weighted by atomic mass is 35.5. The molecule has 0 spiro atoms. The fourth-order valence-electron chi connectivity index (χ4n) is 3.02. The molecule has 106 valence electrons. The molecule has 0 aliphatic carbocycles. The van der Waals surface area contributed by atoms with E-state index in [4.69, 9.17) is 16.6 Å². The highest BCUT2D eigenvalue weighted by Crippen LogP contribution is 2.23. The van der Waals surface area contributed by atoms with Crippen LogP contribution in [0.1, 0.15) is 17.0 Å². The molecule has 4 rings (SSSR count). The summed E-state index contributed by atoms with van der Waals surface area (Å²) < 4.78 is 2.13. The zero-order valence-electron chi connectivity index (χ0n) is 11.7. The predicted octanol–water partition coefficient (Wildman–Crippen LogP) is 3.55. The molecule has 0 amide bonds. The van der Waals surface area contributed by atoms with E-state index >= 15 is 0 Å². The Morgan fingerprint density at radius 1 is 1.10 bits per heavy atom. The van der Waals surface area contributed by atoms with Crippen molar-refractivity contribution in [2.45, 2.75) is 19.5 Å². The summed E-state index contributed by atoms with van der Waals surface area (Å²) in [6, 6.07) is 14.5. The number of pyridine rings is 1. The molecule has 21 heavy (non-hydrogen) atoms. The van der Waals surface area contributed by atoms with Crippen molar-refractivity contribution in [3.63, 3.8) is 0 Å². The van der Waals surface area contributed by atoms with Gasteiger partial charge in [0.15, 0.2) is 0 Å². The summed E-state index contributed by atoms with van der Waals surface area (Å²) in [5.74, 6) is 0. The summed E-state index contributed by atoms with van der Waals surface area (Å²) in [5, 5.41) is 0.753. The second-order valence-corrected chi connectivity index (χ2v) is 5.96. The van der Waals surface area contributed by atoms with Gasteiger partial charge in [0, 0.05) is 32.3 Å². The first-order valence-electron chi connectivity index (χ1n) is 7.21. The summed E-state index contributed by atoms with van der Waals surface area (Å²) in [5.41, 5.74) is 4.83. The second-order valence-electron chi connectivity index (χ2n) is 5.53. The SMILES string of the molecule is Clc1ccc2nc3c(n2c1)CN(Cc1ccccc1)CC3. The Bertz CT molecular complexity index is 779. The molecule has 1 aliphatic heterocycles. The van der Waals surface area contributed by atoms with Crippen LogP contribution in [-0.4, -0.2) is 20.8 Å². The van der Waals surface area contributed by atoms with Gasteiger partial charge in [-0.05, 0) is 17.7 Å². The van der Waals surface area contributed by atoms with Gasteiger partial charge >= 0.3 is 0 Å². The number of rotatable bonds is 2. The van der Waals surface area contributed by atoms with Crippen LogP contribution in [0.25, 0.3) is 5.65 Å². The quantitative estimate of drug-likeness (QED) is 0.721. The number of imidazole rings is 1. The Hall–Kier alpha value is -1.84. The fraction of sp³-hybridized carbons (Fsp3) is 0.235. The molecule has 0 radical (unpaired) electrons. The summed E-state index contributed by atoms with van der Waals surface area (Å²) in [4.78, 5) is 7.18. The van der Waals surface area contributed by atoms with Crippen LogP contribution < -0.4 is 0 Å². The third kappa shape index (κ3) is 2.43. The van der Waals surface area contributed by atoms with Crippen LogP contribution >= 0.6 is 11.6 Å². The van der Waals surface area contributed by atoms with E-state index in [2.05, 4.69) is 39.6 Å². The lowest BCUT2D eigenvalue weighted by Crippen LogP contribution is -2.30. The molecule has 1 aliphatic rings. The zero-order valence-corrected chi connectivity index (χ0v) is 12.4. The molecule has 4 heteroatoms. The molecule has 0 bridgehead atoms. The van der Waals surface area contributed by atoms with Crippen molar-refractivity contribution < 1.29 is 0 Å². The minimum Gasteiger partial charge on any atom is -0.301 e. The Labute approximate surface area is 128 Å². The molecule has 1 aromatic carbocycles. The smallest absolute Gasteiger partial charge is 0.137 e. The average molecular weight is 298 g/mol. The molecule has 0 atom stereocenters. The Morgan fingerprint density at radius 3 is 2.81 bits per heavy atom. The molecule has 2 aromatic heterocycles. The summed E-state index contributed by atoms with van der Waals surface area (Å²) in [7, 11) is 0. The van der Waals surface area contributed by atoms with Gasteiger partial charge in [-0.1, -0.05) is 41.9 Å². The van der Waals surface area contributed by atoms with E-state index in [-0.39, 0.29) is 0 Å². The van der Waals surface area contributed by atoms with Crippen LogP contribution in [-0.2, 0) is 19.5 Å². The fourth-order valence-corrected chi connectivity index (χ4v) is 3.18. The number of benzene rings is 1. The Morgan fingerprint density at radius 2 is 1.95 bits per heavy atom. The summed E-state index contributed by atoms with van der Waals surface area (Å²) >= 11 is 6.12. The van der Waals surface area contributed by atoms with Crippen LogP contribution in [0.2, 0.25) is 5.02 Å². The first-order chi connectivity index (χ1) is 10.3. The molecule has 0 saturated carbocycles. The highest BCUT2D eigenvalue weighted by Gasteiger charge is 2.21. The van der Waals surface area contributed by atoms with Crippen LogP contribution in [0.3, 0.4) is 0 Å². The minimum atomic E-state index is 0.753. The van der Waals surface area contributed by atoms with Crippen molar-refractivity contribution in [1.29, 1.82) is 0 Å². The Balaban J connectivity index is 1.64. The van der Waals surface area contributed by atoms with Gasteiger partial charge in [-0.3, -0.25) is 4.90 Å². The third-order valence-corrected chi connectivity index (χ3v) is 4.28. The van der Waals surface area contributed by atoms with Crippen LogP contribution in [0.5, 0.6) is 0 Å². The van der Waals surface area contributed by atoms with Gasteiger partial charge in [0.1, 0.15) is 5.65 Å². The first-order valence-corrected chi connectivity index (χ1v) is 7.59. The molecule has 0 N–H and O–H groups in total. The van der Waals surface area contributed by atoms with E-state index in [0.29, 0.717) is 0 Å². The maximum Gasteiger partial charge on any atom is 0.137 e. The molecule has 0 fully saturated rings. The van der Waals surface area contributed by atoms with Gasteiger partial charge in [-0.15, -0.1) is 0 Å². The van der Waals surface area contributed by atoms with Gasteiger partial charge in [0.05, 0.1) is 16.4 Å². The molecule has 3 aromatic rings.